The molecule has 0 radical (unpaired) electrons. The van der Waals surface area contributed by atoms with E-state index in [1.807, 2.05) is 6.07 Å². The standard InChI is InChI=1S/C20H19N7O3/c28-18(8-12-25-14-22-16-5-2-1-4-15(16)20(25)30)21-10-13-27-19(29)7-6-17(24-27)26-11-3-9-23-26/h1-7,9,11,14H,8,10,12-13H2,(H,21,28). The van der Waals surface area contributed by atoms with Crippen LogP contribution in [0, 0.1) is 0 Å². The van der Waals surface area contributed by atoms with E-state index in [1.165, 1.54) is 21.6 Å². The summed E-state index contributed by atoms with van der Waals surface area (Å²) in [6.45, 7) is 0.672. The Bertz CT molecular complexity index is 1290. The summed E-state index contributed by atoms with van der Waals surface area (Å²) in [7, 11) is 0. The topological polar surface area (TPSA) is 117 Å². The zero-order valence-electron chi connectivity index (χ0n) is 16.0. The van der Waals surface area contributed by atoms with Gasteiger partial charge in [-0.25, -0.2) is 14.3 Å². The first-order chi connectivity index (χ1) is 14.6. The van der Waals surface area contributed by atoms with Gasteiger partial charge in [0.2, 0.25) is 5.91 Å². The van der Waals surface area contributed by atoms with Gasteiger partial charge in [0, 0.05) is 38.0 Å². The Labute approximate surface area is 170 Å². The minimum atomic E-state index is -0.269. The van der Waals surface area contributed by atoms with Crippen LogP contribution in [0.5, 0.6) is 0 Å². The highest BCUT2D eigenvalue weighted by Gasteiger charge is 2.07. The fourth-order valence-corrected chi connectivity index (χ4v) is 3.00. The average Bonchev–Trinajstić information content (AvgIpc) is 3.30. The molecule has 0 fully saturated rings. The first-order valence-electron chi connectivity index (χ1n) is 9.41. The molecule has 10 heteroatoms. The molecule has 0 saturated heterocycles. The Balaban J connectivity index is 1.33. The molecular weight excluding hydrogens is 386 g/mol. The highest BCUT2D eigenvalue weighted by molar-refractivity contribution is 5.77. The molecule has 3 aromatic heterocycles. The smallest absolute Gasteiger partial charge is 0.266 e. The quantitative estimate of drug-likeness (QED) is 0.474. The summed E-state index contributed by atoms with van der Waals surface area (Å²) < 4.78 is 4.24. The van der Waals surface area contributed by atoms with Crippen molar-refractivity contribution in [1.29, 1.82) is 0 Å². The van der Waals surface area contributed by atoms with Gasteiger partial charge in [-0.1, -0.05) is 12.1 Å². The highest BCUT2D eigenvalue weighted by atomic mass is 16.2. The average molecular weight is 405 g/mol. The Morgan fingerprint density at radius 2 is 1.90 bits per heavy atom. The highest BCUT2D eigenvalue weighted by Crippen LogP contribution is 2.04. The van der Waals surface area contributed by atoms with E-state index in [0.29, 0.717) is 16.7 Å². The third kappa shape index (κ3) is 4.17. The molecule has 1 N–H and O–H groups in total. The summed E-state index contributed by atoms with van der Waals surface area (Å²) in [4.78, 5) is 40.8. The van der Waals surface area contributed by atoms with Crippen molar-refractivity contribution in [3.8, 4) is 5.82 Å². The van der Waals surface area contributed by atoms with E-state index in [2.05, 4.69) is 20.5 Å². The molecule has 30 heavy (non-hydrogen) atoms. The maximum Gasteiger partial charge on any atom is 0.266 e. The van der Waals surface area contributed by atoms with E-state index in [-0.39, 0.29) is 43.1 Å². The molecular formula is C20H19N7O3. The van der Waals surface area contributed by atoms with Crippen molar-refractivity contribution in [2.45, 2.75) is 19.5 Å². The molecule has 3 heterocycles. The third-order valence-electron chi connectivity index (χ3n) is 4.55. The number of fused-ring (bicyclic) bond motifs is 1. The summed E-state index contributed by atoms with van der Waals surface area (Å²) >= 11 is 0. The first kappa shape index (κ1) is 19.2. The number of aryl methyl sites for hydroxylation is 1. The lowest BCUT2D eigenvalue weighted by Crippen LogP contribution is -2.33. The van der Waals surface area contributed by atoms with Gasteiger partial charge in [-0.3, -0.25) is 19.0 Å². The number of nitrogens with one attached hydrogen (secondary N) is 1. The van der Waals surface area contributed by atoms with E-state index in [1.54, 1.807) is 47.4 Å². The Morgan fingerprint density at radius 1 is 1.03 bits per heavy atom. The molecule has 152 valence electrons. The van der Waals surface area contributed by atoms with Gasteiger partial charge in [0.05, 0.1) is 23.8 Å². The number of para-hydroxylation sites is 1. The molecule has 1 aromatic carbocycles. The van der Waals surface area contributed by atoms with Crippen molar-refractivity contribution >= 4 is 16.8 Å². The predicted molar refractivity (Wildman–Crippen MR) is 109 cm³/mol. The van der Waals surface area contributed by atoms with Crippen LogP contribution >= 0.6 is 0 Å². The summed E-state index contributed by atoms with van der Waals surface area (Å²) in [6, 6.07) is 11.8. The number of amides is 1. The SMILES string of the molecule is O=C(CCn1cnc2ccccc2c1=O)NCCn1nc(-n2cccn2)ccc1=O. The number of hydrogen-bond donors (Lipinski definition) is 1. The second kappa shape index (κ2) is 8.52. The van der Waals surface area contributed by atoms with Gasteiger partial charge in [-0.2, -0.15) is 5.10 Å². The van der Waals surface area contributed by atoms with Crippen LogP contribution in [-0.4, -0.2) is 41.6 Å². The molecule has 0 aliphatic carbocycles. The molecule has 0 spiro atoms. The first-order valence-corrected chi connectivity index (χ1v) is 9.41. The second-order valence-corrected chi connectivity index (χ2v) is 6.56. The van der Waals surface area contributed by atoms with Gasteiger partial charge < -0.3 is 5.32 Å². The van der Waals surface area contributed by atoms with Crippen LogP contribution < -0.4 is 16.4 Å². The lowest BCUT2D eigenvalue weighted by molar-refractivity contribution is -0.121. The molecule has 0 unspecified atom stereocenters. The second-order valence-electron chi connectivity index (χ2n) is 6.56. The van der Waals surface area contributed by atoms with Crippen molar-refractivity contribution in [2.24, 2.45) is 0 Å². The van der Waals surface area contributed by atoms with Crippen LogP contribution in [0.3, 0.4) is 0 Å². The molecule has 0 aliphatic rings. The zero-order chi connectivity index (χ0) is 20.9. The Kier molecular flexibility index (Phi) is 5.46. The Morgan fingerprint density at radius 3 is 2.73 bits per heavy atom. The lowest BCUT2D eigenvalue weighted by atomic mass is 10.2. The maximum atomic E-state index is 12.4. The third-order valence-corrected chi connectivity index (χ3v) is 4.55. The van der Waals surface area contributed by atoms with Gasteiger partial charge in [-0.15, -0.1) is 5.10 Å². The van der Waals surface area contributed by atoms with Crippen molar-refractivity contribution in [3.63, 3.8) is 0 Å². The van der Waals surface area contributed by atoms with Gasteiger partial charge in [0.25, 0.3) is 11.1 Å². The zero-order valence-corrected chi connectivity index (χ0v) is 16.0. The van der Waals surface area contributed by atoms with Gasteiger partial charge >= 0.3 is 0 Å². The van der Waals surface area contributed by atoms with Crippen molar-refractivity contribution in [2.75, 3.05) is 6.54 Å². The monoisotopic (exact) mass is 405 g/mol. The number of hydrogen-bond acceptors (Lipinski definition) is 6. The molecule has 4 rings (SSSR count). The normalized spacial score (nSPS) is 10.9. The van der Waals surface area contributed by atoms with E-state index in [9.17, 15) is 14.4 Å². The molecule has 0 saturated carbocycles. The summed E-state index contributed by atoms with van der Waals surface area (Å²) in [6.07, 6.45) is 4.91. The van der Waals surface area contributed by atoms with Crippen LogP contribution in [0.4, 0.5) is 0 Å². The number of carbonyl (C=O) groups is 1. The minimum absolute atomic E-state index is 0.121. The fourth-order valence-electron chi connectivity index (χ4n) is 3.00. The number of aromatic nitrogens is 6. The molecule has 0 atom stereocenters. The van der Waals surface area contributed by atoms with Crippen molar-refractivity contribution in [3.05, 3.63) is 81.9 Å². The number of carbonyl (C=O) groups excluding carboxylic acids is 1. The van der Waals surface area contributed by atoms with Crippen LogP contribution in [0.25, 0.3) is 16.7 Å². The van der Waals surface area contributed by atoms with Gasteiger partial charge in [0.15, 0.2) is 5.82 Å². The Hall–Kier alpha value is -4.08. The van der Waals surface area contributed by atoms with E-state index < -0.39 is 0 Å². The van der Waals surface area contributed by atoms with Crippen LogP contribution in [-0.2, 0) is 17.9 Å². The summed E-state index contributed by atoms with van der Waals surface area (Å²) in [5.41, 5.74) is 0.173. The molecule has 0 aliphatic heterocycles. The van der Waals surface area contributed by atoms with Crippen LogP contribution in [0.15, 0.2) is 70.8 Å². The predicted octanol–water partition coefficient (Wildman–Crippen LogP) is 0.345. The molecule has 1 amide bonds. The molecule has 10 nitrogen and oxygen atoms in total. The molecule has 0 bridgehead atoms. The summed E-state index contributed by atoms with van der Waals surface area (Å²) in [5, 5.41) is 11.6. The molecule has 4 aromatic rings. The fraction of sp³-hybridized carbons (Fsp3) is 0.200. The van der Waals surface area contributed by atoms with E-state index in [4.69, 9.17) is 0 Å². The van der Waals surface area contributed by atoms with Crippen molar-refractivity contribution < 1.29 is 4.79 Å². The lowest BCUT2D eigenvalue weighted by Gasteiger charge is -2.09. The number of benzene rings is 1. The van der Waals surface area contributed by atoms with E-state index >= 15 is 0 Å². The van der Waals surface area contributed by atoms with E-state index in [0.717, 1.165) is 0 Å². The number of nitrogens with zero attached hydrogens (tertiary/aromatic N) is 6. The van der Waals surface area contributed by atoms with Gasteiger partial charge in [0.1, 0.15) is 0 Å². The van der Waals surface area contributed by atoms with Crippen molar-refractivity contribution in [1.82, 2.24) is 34.4 Å². The minimum Gasteiger partial charge on any atom is -0.354 e. The van der Waals surface area contributed by atoms with Crippen LogP contribution in [0.2, 0.25) is 0 Å². The van der Waals surface area contributed by atoms with Gasteiger partial charge in [-0.05, 0) is 24.3 Å². The summed E-state index contributed by atoms with van der Waals surface area (Å²) in [5.74, 6) is 0.278. The maximum absolute atomic E-state index is 12.4. The van der Waals surface area contributed by atoms with Crippen LogP contribution in [0.1, 0.15) is 6.42 Å². The largest absolute Gasteiger partial charge is 0.354 e. The number of rotatable bonds is 7.